The van der Waals surface area contributed by atoms with Crippen LogP contribution in [0.25, 0.3) is 10.2 Å². The second-order valence-corrected chi connectivity index (χ2v) is 7.71. The molecule has 18 heavy (non-hydrogen) atoms. The minimum atomic E-state index is 0.724. The second-order valence-electron chi connectivity index (χ2n) is 3.69. The van der Waals surface area contributed by atoms with Crippen molar-refractivity contribution >= 4 is 65.6 Å². The highest BCUT2D eigenvalue weighted by atomic mass is 79.9. The molecule has 0 unspecified atom stereocenters. The molecule has 6 heteroatoms. The number of rotatable bonds is 3. The number of nitrogens with one attached hydrogen (secondary N) is 1. The van der Waals surface area contributed by atoms with Crippen LogP contribution in [0.5, 0.6) is 0 Å². The van der Waals surface area contributed by atoms with Crippen molar-refractivity contribution in [3.8, 4) is 0 Å². The van der Waals surface area contributed by atoms with Gasteiger partial charge in [-0.25, -0.2) is 4.98 Å². The number of nitrogens with zero attached hydrogens (tertiary/aromatic N) is 1. The van der Waals surface area contributed by atoms with Gasteiger partial charge in [0.05, 0.1) is 20.5 Å². The van der Waals surface area contributed by atoms with Gasteiger partial charge in [0.2, 0.25) is 0 Å². The number of hydrogen-bond acceptors (Lipinski definition) is 4. The third-order valence-electron chi connectivity index (χ3n) is 2.39. The molecule has 0 bridgehead atoms. The van der Waals surface area contributed by atoms with E-state index in [4.69, 9.17) is 11.6 Å². The number of benzene rings is 1. The SMILES string of the molecule is Clc1ccc2sc(NCc3ccc(Br)s3)nc2c1. The summed E-state index contributed by atoms with van der Waals surface area (Å²) in [6, 6.07) is 9.94. The predicted molar refractivity (Wildman–Crippen MR) is 84.0 cm³/mol. The smallest absolute Gasteiger partial charge is 0.184 e. The average molecular weight is 360 g/mol. The highest BCUT2D eigenvalue weighted by molar-refractivity contribution is 9.11. The molecule has 2 heterocycles. The zero-order valence-corrected chi connectivity index (χ0v) is 13.1. The molecule has 1 aromatic carbocycles. The van der Waals surface area contributed by atoms with Crippen LogP contribution in [0.4, 0.5) is 5.13 Å². The first-order chi connectivity index (χ1) is 8.70. The second kappa shape index (κ2) is 5.17. The third kappa shape index (κ3) is 2.69. The number of aromatic nitrogens is 1. The fourth-order valence-corrected chi connectivity index (χ4v) is 4.02. The Balaban J connectivity index is 1.78. The van der Waals surface area contributed by atoms with Gasteiger partial charge < -0.3 is 5.32 Å². The standard InChI is InChI=1S/C12H8BrClN2S2/c13-11-4-2-8(17-11)6-15-12-16-9-5-7(14)1-3-10(9)18-12/h1-5H,6H2,(H,15,16). The highest BCUT2D eigenvalue weighted by Gasteiger charge is 2.04. The van der Waals surface area contributed by atoms with Gasteiger partial charge >= 0.3 is 0 Å². The summed E-state index contributed by atoms with van der Waals surface area (Å²) in [6.07, 6.45) is 0. The van der Waals surface area contributed by atoms with Gasteiger partial charge in [-0.1, -0.05) is 22.9 Å². The summed E-state index contributed by atoms with van der Waals surface area (Å²) in [4.78, 5) is 5.79. The maximum absolute atomic E-state index is 5.94. The Morgan fingerprint density at radius 3 is 2.89 bits per heavy atom. The molecule has 3 rings (SSSR count). The molecule has 0 saturated carbocycles. The van der Waals surface area contributed by atoms with E-state index in [2.05, 4.69) is 38.4 Å². The van der Waals surface area contributed by atoms with Gasteiger partial charge in [0.15, 0.2) is 5.13 Å². The van der Waals surface area contributed by atoms with Crippen molar-refractivity contribution in [2.45, 2.75) is 6.54 Å². The van der Waals surface area contributed by atoms with Crippen LogP contribution in [0.2, 0.25) is 5.02 Å². The van der Waals surface area contributed by atoms with Crippen molar-refractivity contribution in [3.05, 3.63) is 44.0 Å². The van der Waals surface area contributed by atoms with Gasteiger partial charge in [0, 0.05) is 9.90 Å². The van der Waals surface area contributed by atoms with Crippen molar-refractivity contribution in [2.24, 2.45) is 0 Å². The molecule has 1 N–H and O–H groups in total. The van der Waals surface area contributed by atoms with Crippen LogP contribution in [-0.4, -0.2) is 4.98 Å². The molecule has 0 aliphatic rings. The normalized spacial score (nSPS) is 11.0. The van der Waals surface area contributed by atoms with Crippen molar-refractivity contribution in [1.29, 1.82) is 0 Å². The molecule has 2 aromatic heterocycles. The first-order valence-electron chi connectivity index (χ1n) is 5.25. The zero-order chi connectivity index (χ0) is 12.5. The molecule has 0 saturated heterocycles. The van der Waals surface area contributed by atoms with Crippen LogP contribution in [0.1, 0.15) is 4.88 Å². The number of halogens is 2. The maximum atomic E-state index is 5.94. The Morgan fingerprint density at radius 2 is 2.11 bits per heavy atom. The van der Waals surface area contributed by atoms with E-state index in [9.17, 15) is 0 Å². The van der Waals surface area contributed by atoms with Crippen molar-refractivity contribution < 1.29 is 0 Å². The first-order valence-corrected chi connectivity index (χ1v) is 8.05. The average Bonchev–Trinajstić information content (AvgIpc) is 2.92. The third-order valence-corrected chi connectivity index (χ3v) is 5.25. The van der Waals surface area contributed by atoms with Crippen molar-refractivity contribution in [1.82, 2.24) is 4.98 Å². The molecule has 0 aliphatic heterocycles. The largest absolute Gasteiger partial charge is 0.357 e. The van der Waals surface area contributed by atoms with Gasteiger partial charge in [0.25, 0.3) is 0 Å². The number of fused-ring (bicyclic) bond motifs is 1. The summed E-state index contributed by atoms with van der Waals surface area (Å²) in [5.41, 5.74) is 0.947. The van der Waals surface area contributed by atoms with E-state index in [0.29, 0.717) is 0 Å². The van der Waals surface area contributed by atoms with Crippen LogP contribution in [0.3, 0.4) is 0 Å². The van der Waals surface area contributed by atoms with E-state index in [1.807, 2.05) is 18.2 Å². The Kier molecular flexibility index (Phi) is 3.56. The summed E-state index contributed by atoms with van der Waals surface area (Å²) in [5.74, 6) is 0. The highest BCUT2D eigenvalue weighted by Crippen LogP contribution is 2.29. The molecule has 0 fully saturated rings. The first kappa shape index (κ1) is 12.4. The number of thiophene rings is 1. The molecule has 2 nitrogen and oxygen atoms in total. The van der Waals surface area contributed by atoms with Crippen LogP contribution < -0.4 is 5.32 Å². The summed E-state index contributed by atoms with van der Waals surface area (Å²) in [5, 5.41) is 4.99. The summed E-state index contributed by atoms with van der Waals surface area (Å²) in [6.45, 7) is 0.795. The van der Waals surface area contributed by atoms with Gasteiger partial charge in [-0.15, -0.1) is 11.3 Å². The summed E-state index contributed by atoms with van der Waals surface area (Å²) < 4.78 is 2.30. The lowest BCUT2D eigenvalue weighted by Crippen LogP contribution is -1.95. The predicted octanol–water partition coefficient (Wildman–Crippen LogP) is 5.39. The Morgan fingerprint density at radius 1 is 1.22 bits per heavy atom. The number of thiazole rings is 1. The molecule has 0 amide bonds. The van der Waals surface area contributed by atoms with E-state index >= 15 is 0 Å². The number of hydrogen-bond donors (Lipinski definition) is 1. The molecule has 0 aliphatic carbocycles. The van der Waals surface area contributed by atoms with Crippen LogP contribution in [-0.2, 0) is 6.54 Å². The topological polar surface area (TPSA) is 24.9 Å². The van der Waals surface area contributed by atoms with Crippen LogP contribution >= 0.6 is 50.2 Å². The molecule has 3 aromatic rings. The van der Waals surface area contributed by atoms with Gasteiger partial charge in [-0.3, -0.25) is 0 Å². The lowest BCUT2D eigenvalue weighted by Gasteiger charge is -1.98. The van der Waals surface area contributed by atoms with Gasteiger partial charge in [-0.05, 0) is 46.3 Å². The van der Waals surface area contributed by atoms with Gasteiger partial charge in [-0.2, -0.15) is 0 Å². The van der Waals surface area contributed by atoms with E-state index in [1.54, 1.807) is 22.7 Å². The Hall–Kier alpha value is -0.620. The summed E-state index contributed by atoms with van der Waals surface area (Å²) >= 11 is 12.8. The van der Waals surface area contributed by atoms with E-state index < -0.39 is 0 Å². The summed E-state index contributed by atoms with van der Waals surface area (Å²) in [7, 11) is 0. The molecule has 0 radical (unpaired) electrons. The lowest BCUT2D eigenvalue weighted by atomic mass is 10.3. The quantitative estimate of drug-likeness (QED) is 0.678. The molecular formula is C12H8BrClN2S2. The molecule has 0 spiro atoms. The van der Waals surface area contributed by atoms with E-state index in [1.165, 1.54) is 4.88 Å². The molecule has 92 valence electrons. The monoisotopic (exact) mass is 358 g/mol. The minimum Gasteiger partial charge on any atom is -0.357 e. The lowest BCUT2D eigenvalue weighted by molar-refractivity contribution is 1.18. The minimum absolute atomic E-state index is 0.724. The zero-order valence-electron chi connectivity index (χ0n) is 9.11. The fraction of sp³-hybridized carbons (Fsp3) is 0.0833. The Bertz CT molecular complexity index is 692. The van der Waals surface area contributed by atoms with Crippen LogP contribution in [0.15, 0.2) is 34.1 Å². The Labute approximate surface area is 126 Å². The van der Waals surface area contributed by atoms with Crippen molar-refractivity contribution in [3.63, 3.8) is 0 Å². The molecule has 0 atom stereocenters. The van der Waals surface area contributed by atoms with E-state index in [0.717, 1.165) is 30.7 Å². The number of anilines is 1. The maximum Gasteiger partial charge on any atom is 0.184 e. The van der Waals surface area contributed by atoms with Crippen molar-refractivity contribution in [2.75, 3.05) is 5.32 Å². The van der Waals surface area contributed by atoms with Crippen LogP contribution in [0, 0.1) is 0 Å². The van der Waals surface area contributed by atoms with E-state index in [-0.39, 0.29) is 0 Å². The van der Waals surface area contributed by atoms with Gasteiger partial charge in [0.1, 0.15) is 0 Å². The fourth-order valence-electron chi connectivity index (χ4n) is 1.59. The molecular weight excluding hydrogens is 352 g/mol.